The molecule has 4 heterocycles. The zero-order valence-electron chi connectivity index (χ0n) is 54.0. The summed E-state index contributed by atoms with van der Waals surface area (Å²) in [5.41, 5.74) is 22.4. The van der Waals surface area contributed by atoms with E-state index in [1.54, 1.807) is 0 Å². The first-order valence-electron chi connectivity index (χ1n) is 34.4. The molecule has 0 atom stereocenters. The zero-order chi connectivity index (χ0) is 65.3. The summed E-state index contributed by atoms with van der Waals surface area (Å²) >= 11 is 0. The second-order valence-electron chi connectivity index (χ2n) is 27.0. The molecule has 0 aliphatic rings. The molecular weight excluding hydrogens is 1210 g/mol. The number of fused-ring (bicyclic) bond motifs is 18. The third kappa shape index (κ3) is 8.10. The molecule has 0 radical (unpaired) electrons. The van der Waals surface area contributed by atoms with Gasteiger partial charge in [-0.15, -0.1) is 0 Å². The lowest BCUT2D eigenvalue weighted by Crippen LogP contribution is -1.95. The van der Waals surface area contributed by atoms with Crippen LogP contribution in [0.15, 0.2) is 349 Å². The van der Waals surface area contributed by atoms with Crippen molar-refractivity contribution >= 4 is 152 Å². The lowest BCUT2D eigenvalue weighted by Gasteiger charge is -2.18. The Morgan fingerprint density at radius 3 is 0.960 bits per heavy atom. The van der Waals surface area contributed by atoms with E-state index in [-0.39, 0.29) is 0 Å². The molecule has 0 saturated heterocycles. The normalized spacial score (nSPS) is 12.2. The monoisotopic (exact) mass is 1270 g/mol. The van der Waals surface area contributed by atoms with E-state index in [4.69, 9.17) is 8.83 Å². The molecule has 0 amide bonds. The standard InChI is InChI=1S/C96H56N2O2/c1-2-22-67(23-3-1)97-86-44-37-62(48-79(86)80-51-64(38-45-87(80)97)94-75-29-12-14-31-77(75)96(78-32-15-13-30-76(78)94)66-40-47-90-82(53-66)84-50-59-19-5-7-21-61(59)56-92(84)100-90)63-36-43-70-69-24-16-17-33-85(69)98(88(70)54-63)68-41-34-57(35-42-68)93-71-25-8-10-27-73(71)95(74-28-11-9-26-72(74)93)65-39-46-89-81(52-65)83-49-58-18-4-6-20-60(58)55-91(83)99-89/h1-56H. The summed E-state index contributed by atoms with van der Waals surface area (Å²) in [6, 6.07) is 126. The van der Waals surface area contributed by atoms with Gasteiger partial charge < -0.3 is 18.0 Å². The molecule has 0 saturated carbocycles. The quantitative estimate of drug-likeness (QED) is 0.149. The van der Waals surface area contributed by atoms with Crippen LogP contribution in [0.4, 0.5) is 0 Å². The van der Waals surface area contributed by atoms with Crippen LogP contribution in [-0.2, 0) is 0 Å². The maximum atomic E-state index is 6.54. The Balaban J connectivity index is 0.675. The van der Waals surface area contributed by atoms with E-state index in [9.17, 15) is 0 Å². The number of nitrogens with zero attached hydrogens (tertiary/aromatic N) is 2. The summed E-state index contributed by atoms with van der Waals surface area (Å²) in [6.45, 7) is 0. The van der Waals surface area contributed by atoms with Crippen molar-refractivity contribution in [2.45, 2.75) is 0 Å². The summed E-state index contributed by atoms with van der Waals surface area (Å²) in [5, 5.41) is 23.8. The van der Waals surface area contributed by atoms with Crippen LogP contribution in [0.3, 0.4) is 0 Å². The number of rotatable bonds is 7. The molecular formula is C96H56N2O2. The van der Waals surface area contributed by atoms with E-state index in [1.165, 1.54) is 131 Å². The van der Waals surface area contributed by atoms with Crippen molar-refractivity contribution in [3.05, 3.63) is 340 Å². The Labute approximate surface area is 573 Å². The van der Waals surface area contributed by atoms with Crippen molar-refractivity contribution in [2.24, 2.45) is 0 Å². The topological polar surface area (TPSA) is 36.1 Å². The SMILES string of the molecule is c1ccc(-n2c3ccc(-c4ccc5c6ccccc6n(-c6ccc(-c7c8ccccc8c(-c8ccc9oc%10cc%11ccccc%11cc%10c9c8)c8ccccc78)cc6)c5c4)cc3c3cc(-c4c5ccccc5c(-c5ccc6oc7cc8ccccc8cc7c6c5)c5ccccc45)ccc32)cc1. The maximum absolute atomic E-state index is 6.54. The maximum Gasteiger partial charge on any atom is 0.136 e. The minimum atomic E-state index is 0.891. The highest BCUT2D eigenvalue weighted by Gasteiger charge is 2.24. The van der Waals surface area contributed by atoms with Gasteiger partial charge in [0, 0.05) is 54.5 Å². The second-order valence-corrected chi connectivity index (χ2v) is 27.0. The Morgan fingerprint density at radius 1 is 0.160 bits per heavy atom. The number of furan rings is 2. The zero-order valence-corrected chi connectivity index (χ0v) is 54.0. The number of para-hydroxylation sites is 2. The van der Waals surface area contributed by atoms with Crippen LogP contribution in [0.5, 0.6) is 0 Å². The van der Waals surface area contributed by atoms with Crippen molar-refractivity contribution in [2.75, 3.05) is 0 Å². The molecule has 4 aromatic heterocycles. The van der Waals surface area contributed by atoms with Crippen LogP contribution in [0, 0.1) is 0 Å². The van der Waals surface area contributed by atoms with Crippen LogP contribution < -0.4 is 0 Å². The Kier molecular flexibility index (Phi) is 11.6. The summed E-state index contributed by atoms with van der Waals surface area (Å²) in [5.74, 6) is 0. The van der Waals surface area contributed by atoms with Gasteiger partial charge in [-0.2, -0.15) is 0 Å². The third-order valence-corrected chi connectivity index (χ3v) is 21.6. The van der Waals surface area contributed by atoms with E-state index in [2.05, 4.69) is 349 Å². The number of benzene rings is 18. The van der Waals surface area contributed by atoms with Gasteiger partial charge in [-0.05, 0) is 229 Å². The van der Waals surface area contributed by atoms with Gasteiger partial charge in [-0.3, -0.25) is 0 Å². The fourth-order valence-corrected chi connectivity index (χ4v) is 17.2. The molecule has 4 nitrogen and oxygen atoms in total. The summed E-state index contributed by atoms with van der Waals surface area (Å²) < 4.78 is 17.9. The van der Waals surface area contributed by atoms with Gasteiger partial charge in [0.1, 0.15) is 22.3 Å². The van der Waals surface area contributed by atoms with Crippen molar-refractivity contribution < 1.29 is 8.83 Å². The fourth-order valence-electron chi connectivity index (χ4n) is 17.2. The highest BCUT2D eigenvalue weighted by atomic mass is 16.3. The second kappa shape index (κ2) is 21.1. The minimum Gasteiger partial charge on any atom is -0.456 e. The van der Waals surface area contributed by atoms with Crippen LogP contribution in [-0.4, -0.2) is 9.13 Å². The Morgan fingerprint density at radius 2 is 0.470 bits per heavy atom. The Hall–Kier alpha value is -13.3. The fraction of sp³-hybridized carbons (Fsp3) is 0. The van der Waals surface area contributed by atoms with Gasteiger partial charge >= 0.3 is 0 Å². The first-order valence-corrected chi connectivity index (χ1v) is 34.4. The van der Waals surface area contributed by atoms with Gasteiger partial charge in [0.05, 0.1) is 22.1 Å². The molecule has 22 aromatic rings. The summed E-state index contributed by atoms with van der Waals surface area (Å²) in [7, 11) is 0. The molecule has 0 aliphatic carbocycles. The first kappa shape index (κ1) is 54.9. The lowest BCUT2D eigenvalue weighted by molar-refractivity contribution is 0.669. The molecule has 462 valence electrons. The molecule has 0 bridgehead atoms. The third-order valence-electron chi connectivity index (χ3n) is 21.6. The highest BCUT2D eigenvalue weighted by molar-refractivity contribution is 6.25. The predicted molar refractivity (Wildman–Crippen MR) is 422 cm³/mol. The van der Waals surface area contributed by atoms with Crippen molar-refractivity contribution in [1.82, 2.24) is 9.13 Å². The largest absolute Gasteiger partial charge is 0.456 e. The number of hydrogen-bond acceptors (Lipinski definition) is 2. The van der Waals surface area contributed by atoms with Crippen molar-refractivity contribution in [3.63, 3.8) is 0 Å². The van der Waals surface area contributed by atoms with Crippen LogP contribution in [0.1, 0.15) is 0 Å². The molecule has 0 aliphatic heterocycles. The van der Waals surface area contributed by atoms with E-state index < -0.39 is 0 Å². The smallest absolute Gasteiger partial charge is 0.136 e. The van der Waals surface area contributed by atoms with Gasteiger partial charge in [0.25, 0.3) is 0 Å². The molecule has 0 N–H and O–H groups in total. The highest BCUT2D eigenvalue weighted by Crippen LogP contribution is 2.49. The van der Waals surface area contributed by atoms with Crippen LogP contribution in [0.2, 0.25) is 0 Å². The van der Waals surface area contributed by atoms with Gasteiger partial charge in [-0.25, -0.2) is 0 Å². The molecule has 18 aromatic carbocycles. The summed E-state index contributed by atoms with van der Waals surface area (Å²) in [6.07, 6.45) is 0. The first-order chi connectivity index (χ1) is 49.6. The van der Waals surface area contributed by atoms with Gasteiger partial charge in [0.15, 0.2) is 0 Å². The Bertz CT molecular complexity index is 7150. The van der Waals surface area contributed by atoms with Gasteiger partial charge in [0.2, 0.25) is 0 Å². The number of aromatic nitrogens is 2. The van der Waals surface area contributed by atoms with E-state index in [0.717, 1.165) is 88.5 Å². The molecule has 100 heavy (non-hydrogen) atoms. The van der Waals surface area contributed by atoms with Crippen LogP contribution >= 0.6 is 0 Å². The average molecular weight is 1270 g/mol. The molecule has 0 spiro atoms. The average Bonchev–Trinajstić information content (AvgIpc) is 1.01. The predicted octanol–water partition coefficient (Wildman–Crippen LogP) is 26.9. The molecule has 0 unspecified atom stereocenters. The minimum absolute atomic E-state index is 0.891. The molecule has 4 heteroatoms. The molecule has 0 fully saturated rings. The number of hydrogen-bond donors (Lipinski definition) is 0. The summed E-state index contributed by atoms with van der Waals surface area (Å²) in [4.78, 5) is 0. The van der Waals surface area contributed by atoms with E-state index in [0.29, 0.717) is 0 Å². The van der Waals surface area contributed by atoms with Crippen molar-refractivity contribution in [3.8, 4) is 67.0 Å². The van der Waals surface area contributed by atoms with E-state index in [1.807, 2.05) is 0 Å². The van der Waals surface area contributed by atoms with Crippen LogP contribution in [0.25, 0.3) is 219 Å². The molecule has 22 rings (SSSR count). The van der Waals surface area contributed by atoms with Crippen molar-refractivity contribution in [1.29, 1.82) is 0 Å². The van der Waals surface area contributed by atoms with Gasteiger partial charge in [-0.1, -0.05) is 231 Å². The lowest BCUT2D eigenvalue weighted by atomic mass is 9.85. The van der Waals surface area contributed by atoms with E-state index >= 15 is 0 Å².